The second-order valence-electron chi connectivity index (χ2n) is 4.17. The summed E-state index contributed by atoms with van der Waals surface area (Å²) < 4.78 is 0.887. The normalized spacial score (nSPS) is 10.3. The fourth-order valence-corrected chi connectivity index (χ4v) is 2.34. The van der Waals surface area contributed by atoms with E-state index in [-0.39, 0.29) is 12.3 Å². The van der Waals surface area contributed by atoms with Crippen LogP contribution < -0.4 is 5.32 Å². The molecule has 3 nitrogen and oxygen atoms in total. The van der Waals surface area contributed by atoms with Crippen LogP contribution in [-0.4, -0.2) is 10.9 Å². The number of nitrogens with zero attached hydrogens (tertiary/aromatic N) is 1. The Morgan fingerprint density at radius 2 is 2.21 bits per heavy atom. The van der Waals surface area contributed by atoms with Crippen LogP contribution in [0.4, 0.5) is 5.82 Å². The van der Waals surface area contributed by atoms with E-state index in [9.17, 15) is 4.79 Å². The number of carbonyl (C=O) groups is 1. The molecule has 0 fully saturated rings. The summed E-state index contributed by atoms with van der Waals surface area (Å²) in [5.41, 5.74) is 1.79. The van der Waals surface area contributed by atoms with Crippen molar-refractivity contribution in [3.05, 3.63) is 57.2 Å². The van der Waals surface area contributed by atoms with Crippen LogP contribution in [0.3, 0.4) is 0 Å². The molecular weight excluding hydrogens is 328 g/mol. The van der Waals surface area contributed by atoms with Gasteiger partial charge in [0, 0.05) is 15.7 Å². The number of halogens is 2. The lowest BCUT2D eigenvalue weighted by atomic mass is 10.1. The van der Waals surface area contributed by atoms with Crippen LogP contribution in [0.25, 0.3) is 0 Å². The predicted molar refractivity (Wildman–Crippen MR) is 80.5 cm³/mol. The van der Waals surface area contributed by atoms with Gasteiger partial charge < -0.3 is 5.32 Å². The SMILES string of the molecule is Cc1cc(Br)cnc1NC(=O)Cc1cccc(Cl)c1. The lowest BCUT2D eigenvalue weighted by Gasteiger charge is -2.07. The zero-order chi connectivity index (χ0) is 13.8. The number of hydrogen-bond acceptors (Lipinski definition) is 2. The second kappa shape index (κ2) is 6.17. The van der Waals surface area contributed by atoms with Crippen molar-refractivity contribution in [2.75, 3.05) is 5.32 Å². The molecule has 0 spiro atoms. The van der Waals surface area contributed by atoms with E-state index in [1.165, 1.54) is 0 Å². The lowest BCUT2D eigenvalue weighted by molar-refractivity contribution is -0.115. The molecule has 1 heterocycles. The highest BCUT2D eigenvalue weighted by atomic mass is 79.9. The maximum atomic E-state index is 11.9. The zero-order valence-corrected chi connectivity index (χ0v) is 12.6. The van der Waals surface area contributed by atoms with E-state index < -0.39 is 0 Å². The lowest BCUT2D eigenvalue weighted by Crippen LogP contribution is -2.16. The highest BCUT2D eigenvalue weighted by molar-refractivity contribution is 9.10. The Bertz CT molecular complexity index is 616. The first kappa shape index (κ1) is 14.0. The Morgan fingerprint density at radius 1 is 1.42 bits per heavy atom. The molecule has 0 aliphatic rings. The first-order chi connectivity index (χ1) is 9.04. The van der Waals surface area contributed by atoms with Crippen molar-refractivity contribution in [1.29, 1.82) is 0 Å². The van der Waals surface area contributed by atoms with E-state index in [1.54, 1.807) is 18.3 Å². The van der Waals surface area contributed by atoms with Crippen molar-refractivity contribution in [2.45, 2.75) is 13.3 Å². The van der Waals surface area contributed by atoms with Crippen LogP contribution in [0, 0.1) is 6.92 Å². The number of amides is 1. The molecule has 0 radical (unpaired) electrons. The minimum atomic E-state index is -0.111. The average Bonchev–Trinajstić information content (AvgIpc) is 2.33. The van der Waals surface area contributed by atoms with Gasteiger partial charge in [-0.25, -0.2) is 4.98 Å². The number of benzene rings is 1. The monoisotopic (exact) mass is 338 g/mol. The first-order valence-corrected chi connectivity index (χ1v) is 6.88. The highest BCUT2D eigenvalue weighted by Crippen LogP contribution is 2.17. The number of aryl methyl sites for hydroxylation is 1. The van der Waals surface area contributed by atoms with Gasteiger partial charge in [0.05, 0.1) is 6.42 Å². The zero-order valence-electron chi connectivity index (χ0n) is 10.3. The standard InChI is InChI=1S/C14H12BrClN2O/c1-9-5-11(15)8-17-14(9)18-13(19)7-10-3-2-4-12(16)6-10/h2-6,8H,7H2,1H3,(H,17,18,19). The van der Waals surface area contributed by atoms with Crippen LogP contribution in [-0.2, 0) is 11.2 Å². The van der Waals surface area contributed by atoms with Crippen molar-refractivity contribution < 1.29 is 4.79 Å². The quantitative estimate of drug-likeness (QED) is 0.919. The third-order valence-electron chi connectivity index (χ3n) is 2.56. The van der Waals surface area contributed by atoms with Gasteiger partial charge in [0.2, 0.25) is 5.91 Å². The molecule has 1 amide bonds. The van der Waals surface area contributed by atoms with E-state index in [0.29, 0.717) is 10.8 Å². The molecule has 0 atom stereocenters. The molecule has 0 saturated heterocycles. The summed E-state index contributed by atoms with van der Waals surface area (Å²) in [7, 11) is 0. The van der Waals surface area contributed by atoms with Crippen LogP contribution in [0.5, 0.6) is 0 Å². The van der Waals surface area contributed by atoms with Gasteiger partial charge in [-0.15, -0.1) is 0 Å². The third kappa shape index (κ3) is 4.04. The Labute approximate surface area is 125 Å². The number of carbonyl (C=O) groups excluding carboxylic acids is 1. The van der Waals surface area contributed by atoms with E-state index in [0.717, 1.165) is 15.6 Å². The number of aromatic nitrogens is 1. The first-order valence-electron chi connectivity index (χ1n) is 5.71. The molecule has 1 aromatic heterocycles. The number of anilines is 1. The molecule has 5 heteroatoms. The fourth-order valence-electron chi connectivity index (χ4n) is 1.68. The van der Waals surface area contributed by atoms with Crippen LogP contribution in [0.1, 0.15) is 11.1 Å². The van der Waals surface area contributed by atoms with Gasteiger partial charge >= 0.3 is 0 Å². The van der Waals surface area contributed by atoms with Crippen molar-refractivity contribution in [3.63, 3.8) is 0 Å². The fraction of sp³-hybridized carbons (Fsp3) is 0.143. The van der Waals surface area contributed by atoms with E-state index in [1.807, 2.05) is 25.1 Å². The van der Waals surface area contributed by atoms with Gasteiger partial charge in [-0.1, -0.05) is 23.7 Å². The summed E-state index contributed by atoms with van der Waals surface area (Å²) in [6, 6.07) is 9.16. The Balaban J connectivity index is 2.05. The van der Waals surface area contributed by atoms with Crippen LogP contribution in [0.15, 0.2) is 41.0 Å². The average molecular weight is 340 g/mol. The predicted octanol–water partition coefficient (Wildman–Crippen LogP) is 3.99. The molecule has 0 bridgehead atoms. The smallest absolute Gasteiger partial charge is 0.229 e. The van der Waals surface area contributed by atoms with Crippen molar-refractivity contribution in [2.24, 2.45) is 0 Å². The number of nitrogens with one attached hydrogen (secondary N) is 1. The minimum absolute atomic E-state index is 0.111. The van der Waals surface area contributed by atoms with E-state index in [2.05, 4.69) is 26.2 Å². The molecule has 1 aromatic carbocycles. The molecule has 0 unspecified atom stereocenters. The van der Waals surface area contributed by atoms with Crippen LogP contribution >= 0.6 is 27.5 Å². The maximum Gasteiger partial charge on any atom is 0.229 e. The molecule has 0 aliphatic carbocycles. The molecule has 2 aromatic rings. The maximum absolute atomic E-state index is 11.9. The van der Waals surface area contributed by atoms with Crippen molar-refractivity contribution in [3.8, 4) is 0 Å². The van der Waals surface area contributed by atoms with Crippen LogP contribution in [0.2, 0.25) is 5.02 Å². The topological polar surface area (TPSA) is 42.0 Å². The van der Waals surface area contributed by atoms with Gasteiger partial charge in [-0.3, -0.25) is 4.79 Å². The van der Waals surface area contributed by atoms with Gasteiger partial charge in [-0.2, -0.15) is 0 Å². The summed E-state index contributed by atoms with van der Waals surface area (Å²) in [5, 5.41) is 3.42. The molecule has 19 heavy (non-hydrogen) atoms. The van der Waals surface area contributed by atoms with Gasteiger partial charge in [0.25, 0.3) is 0 Å². The van der Waals surface area contributed by atoms with Crippen molar-refractivity contribution in [1.82, 2.24) is 4.98 Å². The minimum Gasteiger partial charge on any atom is -0.310 e. The molecule has 0 saturated carbocycles. The molecular formula is C14H12BrClN2O. The Hall–Kier alpha value is -1.39. The highest BCUT2D eigenvalue weighted by Gasteiger charge is 2.07. The van der Waals surface area contributed by atoms with Crippen molar-refractivity contribution >= 4 is 39.3 Å². The number of hydrogen-bond donors (Lipinski definition) is 1. The second-order valence-corrected chi connectivity index (χ2v) is 5.53. The summed E-state index contributed by atoms with van der Waals surface area (Å²) in [6.07, 6.45) is 1.93. The molecule has 0 aliphatic heterocycles. The molecule has 1 N–H and O–H groups in total. The Morgan fingerprint density at radius 3 is 2.89 bits per heavy atom. The number of pyridine rings is 1. The number of rotatable bonds is 3. The van der Waals surface area contributed by atoms with Gasteiger partial charge in [-0.05, 0) is 52.2 Å². The summed E-state index contributed by atoms with van der Waals surface area (Å²) in [4.78, 5) is 16.1. The van der Waals surface area contributed by atoms with Gasteiger partial charge in [0.1, 0.15) is 5.82 Å². The summed E-state index contributed by atoms with van der Waals surface area (Å²) in [5.74, 6) is 0.468. The van der Waals surface area contributed by atoms with Gasteiger partial charge in [0.15, 0.2) is 0 Å². The largest absolute Gasteiger partial charge is 0.310 e. The summed E-state index contributed by atoms with van der Waals surface area (Å²) in [6.45, 7) is 1.90. The third-order valence-corrected chi connectivity index (χ3v) is 3.23. The molecule has 98 valence electrons. The van der Waals surface area contributed by atoms with E-state index in [4.69, 9.17) is 11.6 Å². The Kier molecular flexibility index (Phi) is 4.56. The molecule has 2 rings (SSSR count). The van der Waals surface area contributed by atoms with E-state index >= 15 is 0 Å². The summed E-state index contributed by atoms with van der Waals surface area (Å²) >= 11 is 9.22.